The van der Waals surface area contributed by atoms with Crippen LogP contribution in [0.15, 0.2) is 72.3 Å². The Morgan fingerprint density at radius 2 is 1.83 bits per heavy atom. The number of aliphatic imine (C=N–C) groups is 1. The van der Waals surface area contributed by atoms with Gasteiger partial charge in [-0.25, -0.2) is 9.97 Å². The van der Waals surface area contributed by atoms with Gasteiger partial charge in [0.1, 0.15) is 11.6 Å². The molecule has 2 aromatic heterocycles. The Kier molecular flexibility index (Phi) is 14.1. The molecule has 0 saturated carbocycles. The first-order chi connectivity index (χ1) is 23.4. The highest BCUT2D eigenvalue weighted by molar-refractivity contribution is 6.30. The smallest absolute Gasteiger partial charge is 0.124 e. The molecule has 2 aromatic carbocycles. The van der Waals surface area contributed by atoms with Crippen molar-refractivity contribution >= 4 is 34.1 Å². The molecule has 0 bridgehead atoms. The van der Waals surface area contributed by atoms with Crippen LogP contribution in [0.3, 0.4) is 0 Å². The average Bonchev–Trinajstić information content (AvgIpc) is 3.79. The lowest BCUT2D eigenvalue weighted by atomic mass is 9.91. The summed E-state index contributed by atoms with van der Waals surface area (Å²) in [4.78, 5) is 16.9. The molecule has 2 aliphatic rings. The van der Waals surface area contributed by atoms with Crippen molar-refractivity contribution in [3.63, 3.8) is 0 Å². The largest absolute Gasteiger partial charge is 0.508 e. The van der Waals surface area contributed by atoms with Crippen LogP contribution in [0.5, 0.6) is 0 Å². The Balaban J connectivity index is 0.00000125. The van der Waals surface area contributed by atoms with Gasteiger partial charge in [0.25, 0.3) is 0 Å². The van der Waals surface area contributed by atoms with E-state index in [1.807, 2.05) is 64.5 Å². The van der Waals surface area contributed by atoms with Crippen molar-refractivity contribution in [2.24, 2.45) is 10.9 Å². The first-order valence-electron chi connectivity index (χ1n) is 17.9. The molecule has 2 aliphatic heterocycles. The maximum atomic E-state index is 10.1. The second kappa shape index (κ2) is 18.2. The number of aryl methyl sites for hydroxylation is 3. The molecule has 1 N–H and O–H groups in total. The summed E-state index contributed by atoms with van der Waals surface area (Å²) in [5.74, 6) is 1.82. The van der Waals surface area contributed by atoms with Crippen molar-refractivity contribution in [3.05, 3.63) is 101 Å². The van der Waals surface area contributed by atoms with Gasteiger partial charge in [0.2, 0.25) is 0 Å². The first kappa shape index (κ1) is 37.1. The number of aliphatic hydroxyl groups excluding tert-OH is 1. The Bertz CT molecular complexity index is 1710. The van der Waals surface area contributed by atoms with Crippen LogP contribution in [0.2, 0.25) is 5.02 Å². The van der Waals surface area contributed by atoms with Crippen molar-refractivity contribution in [1.82, 2.24) is 24.0 Å². The second-order valence-corrected chi connectivity index (χ2v) is 12.9. The van der Waals surface area contributed by atoms with Crippen molar-refractivity contribution in [2.45, 2.75) is 106 Å². The van der Waals surface area contributed by atoms with Crippen molar-refractivity contribution < 1.29 is 5.11 Å². The summed E-state index contributed by atoms with van der Waals surface area (Å²) >= 11 is 6.14. The van der Waals surface area contributed by atoms with E-state index < -0.39 is 0 Å². The van der Waals surface area contributed by atoms with Crippen molar-refractivity contribution in [3.8, 4) is 0 Å². The molecule has 0 unspecified atom stereocenters. The third kappa shape index (κ3) is 9.48. The second-order valence-electron chi connectivity index (χ2n) is 12.4. The number of benzene rings is 2. The molecule has 0 spiro atoms. The molecular formula is C40H55ClN6O. The fraction of sp³-hybridized carbons (Fsp3) is 0.475. The monoisotopic (exact) mass is 670 g/mol. The fourth-order valence-corrected chi connectivity index (χ4v) is 6.99. The molecule has 7 nitrogen and oxygen atoms in total. The zero-order chi connectivity index (χ0) is 34.6. The summed E-state index contributed by atoms with van der Waals surface area (Å²) in [7, 11) is 0. The zero-order valence-electron chi connectivity index (χ0n) is 30.0. The molecule has 48 heavy (non-hydrogen) atoms. The minimum absolute atomic E-state index is 0.0740. The molecule has 8 heteroatoms. The van der Waals surface area contributed by atoms with Gasteiger partial charge in [-0.2, -0.15) is 0 Å². The summed E-state index contributed by atoms with van der Waals surface area (Å²) in [5, 5.41) is 10.9. The average molecular weight is 671 g/mol. The van der Waals surface area contributed by atoms with Crippen molar-refractivity contribution in [1.29, 1.82) is 0 Å². The van der Waals surface area contributed by atoms with E-state index in [0.29, 0.717) is 12.5 Å². The Morgan fingerprint density at radius 1 is 1.02 bits per heavy atom. The van der Waals surface area contributed by atoms with Crippen LogP contribution >= 0.6 is 11.6 Å². The van der Waals surface area contributed by atoms with Crippen molar-refractivity contribution in [2.75, 3.05) is 13.1 Å². The van der Waals surface area contributed by atoms with Gasteiger partial charge in [0.15, 0.2) is 0 Å². The lowest BCUT2D eigenvalue weighted by molar-refractivity contribution is 0.262. The number of imidazole rings is 2. The predicted molar refractivity (Wildman–Crippen MR) is 203 cm³/mol. The summed E-state index contributed by atoms with van der Waals surface area (Å²) in [5.41, 5.74) is 9.24. The Labute approximate surface area is 293 Å². The van der Waals surface area contributed by atoms with E-state index in [0.717, 1.165) is 85.0 Å². The summed E-state index contributed by atoms with van der Waals surface area (Å²) in [6.07, 6.45) is 13.8. The summed E-state index contributed by atoms with van der Waals surface area (Å²) in [6, 6.07) is 12.1. The minimum atomic E-state index is 0.0740. The van der Waals surface area contributed by atoms with E-state index in [9.17, 15) is 5.11 Å². The van der Waals surface area contributed by atoms with Gasteiger partial charge in [-0.1, -0.05) is 51.9 Å². The van der Waals surface area contributed by atoms with Crippen LogP contribution in [0.4, 0.5) is 0 Å². The lowest BCUT2D eigenvalue weighted by Gasteiger charge is -2.21. The number of aromatic nitrogens is 4. The first-order valence-corrected chi connectivity index (χ1v) is 18.3. The summed E-state index contributed by atoms with van der Waals surface area (Å²) < 4.78 is 4.47. The highest BCUT2D eigenvalue weighted by atomic mass is 35.5. The molecule has 4 aromatic rings. The fourth-order valence-electron chi connectivity index (χ4n) is 6.77. The van der Waals surface area contributed by atoms with Gasteiger partial charge < -0.3 is 14.2 Å². The molecule has 4 heterocycles. The number of allylic oxidation sites excluding steroid dienone is 1. The molecular weight excluding hydrogens is 616 g/mol. The van der Waals surface area contributed by atoms with E-state index in [1.165, 1.54) is 41.7 Å². The lowest BCUT2D eigenvalue weighted by Crippen LogP contribution is -2.26. The van der Waals surface area contributed by atoms with E-state index in [-0.39, 0.29) is 5.76 Å². The number of hydrogen-bond donors (Lipinski definition) is 1. The SMILES string of the molecule is C=C(O)c1ccc2nc(CN3CCC[C@H](CC4=CN=C(CCc5ccc(Cl)cc5C)C4)CC3)n(Cc3cncn3CC)c2c1.CC.CC. The van der Waals surface area contributed by atoms with Crippen LogP contribution in [-0.4, -0.2) is 47.9 Å². The minimum Gasteiger partial charge on any atom is -0.508 e. The standard InChI is InChI=1S/C36H43ClN6O.2C2H6/c1-4-42-24-38-21-33(42)22-43-35-19-30(26(3)44)9-12-34(35)40-36(43)23-41-14-5-6-27(13-15-41)17-28-18-32(39-20-28)11-8-29-7-10-31(37)16-25(29)2;2*1-2/h7,9-10,12,16,19-21,24,27,44H,3-6,8,11,13-15,17-18,22-23H2,1-2H3;2*1-2H3/t27-;;/m0../s1. The number of rotatable bonds is 11. The van der Waals surface area contributed by atoms with Crippen LogP contribution in [0, 0.1) is 12.8 Å². The van der Waals surface area contributed by atoms with Gasteiger partial charge in [0, 0.05) is 41.7 Å². The highest BCUT2D eigenvalue weighted by Gasteiger charge is 2.23. The Morgan fingerprint density at radius 3 is 2.58 bits per heavy atom. The van der Waals surface area contributed by atoms with E-state index >= 15 is 0 Å². The van der Waals surface area contributed by atoms with Crippen LogP contribution in [-0.2, 0) is 26.1 Å². The summed E-state index contributed by atoms with van der Waals surface area (Å²) in [6.45, 7) is 20.5. The van der Waals surface area contributed by atoms with Crippen LogP contribution < -0.4 is 0 Å². The number of likely N-dealkylation sites (tertiary alicyclic amines) is 1. The third-order valence-corrected chi connectivity index (χ3v) is 9.56. The quantitative estimate of drug-likeness (QED) is 0.161. The maximum absolute atomic E-state index is 10.1. The molecule has 0 amide bonds. The molecule has 1 atom stereocenters. The number of aliphatic hydroxyl groups is 1. The Hall–Kier alpha value is -3.68. The van der Waals surface area contributed by atoms with Gasteiger partial charge in [-0.05, 0) is 118 Å². The van der Waals surface area contributed by atoms with E-state index in [4.69, 9.17) is 21.6 Å². The molecule has 6 rings (SSSR count). The third-order valence-electron chi connectivity index (χ3n) is 9.32. The van der Waals surface area contributed by atoms with Crippen LogP contribution in [0.25, 0.3) is 16.8 Å². The topological polar surface area (TPSA) is 71.5 Å². The van der Waals surface area contributed by atoms with E-state index in [1.54, 1.807) is 0 Å². The molecule has 0 radical (unpaired) electrons. The van der Waals surface area contributed by atoms with E-state index in [2.05, 4.69) is 57.8 Å². The number of nitrogens with zero attached hydrogens (tertiary/aromatic N) is 6. The molecule has 258 valence electrons. The van der Waals surface area contributed by atoms with Gasteiger partial charge in [-0.15, -0.1) is 0 Å². The van der Waals surface area contributed by atoms with Gasteiger partial charge in [0.05, 0.1) is 36.1 Å². The normalized spacial score (nSPS) is 16.4. The molecule has 0 aliphatic carbocycles. The number of halogens is 1. The molecule has 1 saturated heterocycles. The van der Waals surface area contributed by atoms with Crippen LogP contribution in [0.1, 0.15) is 101 Å². The maximum Gasteiger partial charge on any atom is 0.124 e. The van der Waals surface area contributed by atoms with Gasteiger partial charge >= 0.3 is 0 Å². The highest BCUT2D eigenvalue weighted by Crippen LogP contribution is 2.30. The zero-order valence-corrected chi connectivity index (χ0v) is 30.7. The molecule has 1 fully saturated rings. The number of hydrogen-bond acceptors (Lipinski definition) is 5. The van der Waals surface area contributed by atoms with Gasteiger partial charge in [-0.3, -0.25) is 9.89 Å². The predicted octanol–water partition coefficient (Wildman–Crippen LogP) is 10.2. The number of fused-ring (bicyclic) bond motifs is 1.